The zero-order valence-corrected chi connectivity index (χ0v) is 12.6. The average molecular weight is 320 g/mol. The summed E-state index contributed by atoms with van der Waals surface area (Å²) < 4.78 is 10.6. The number of aromatic nitrogens is 2. The van der Waals surface area contributed by atoms with Crippen molar-refractivity contribution in [1.82, 2.24) is 15.3 Å². The summed E-state index contributed by atoms with van der Waals surface area (Å²) in [4.78, 5) is 20.2. The number of hydrogen-bond donors (Lipinski definition) is 1. The van der Waals surface area contributed by atoms with E-state index in [-0.39, 0.29) is 18.5 Å². The third-order valence-corrected chi connectivity index (χ3v) is 3.54. The SMILES string of the molecule is COc1nccc(CNC(=O)C2Cc3cc(Cl)ccc3O2)n1. The van der Waals surface area contributed by atoms with Crippen LogP contribution < -0.4 is 14.8 Å². The molecular weight excluding hydrogens is 306 g/mol. The molecule has 0 bridgehead atoms. The third-order valence-electron chi connectivity index (χ3n) is 3.31. The Morgan fingerprint density at radius 3 is 3.18 bits per heavy atom. The van der Waals surface area contributed by atoms with Crippen molar-refractivity contribution in [2.45, 2.75) is 19.1 Å². The Morgan fingerprint density at radius 2 is 2.36 bits per heavy atom. The lowest BCUT2D eigenvalue weighted by Gasteiger charge is -2.11. The van der Waals surface area contributed by atoms with Crippen LogP contribution in [-0.2, 0) is 17.8 Å². The summed E-state index contributed by atoms with van der Waals surface area (Å²) in [6.45, 7) is 0.286. The average Bonchev–Trinajstić information content (AvgIpc) is 2.96. The molecule has 7 heteroatoms. The van der Waals surface area contributed by atoms with Gasteiger partial charge in [0.1, 0.15) is 5.75 Å². The highest BCUT2D eigenvalue weighted by Gasteiger charge is 2.29. The molecule has 1 aliphatic rings. The number of benzene rings is 1. The standard InChI is InChI=1S/C15H14ClN3O3/c1-21-15-17-5-4-11(19-15)8-18-14(20)13-7-9-6-10(16)2-3-12(9)22-13/h2-6,13H,7-8H2,1H3,(H,18,20). The molecule has 1 N–H and O–H groups in total. The van der Waals surface area contributed by atoms with Gasteiger partial charge in [0.25, 0.3) is 5.91 Å². The molecule has 0 saturated carbocycles. The van der Waals surface area contributed by atoms with Crippen molar-refractivity contribution in [3.8, 4) is 11.8 Å². The molecule has 2 aromatic rings. The summed E-state index contributed by atoms with van der Waals surface area (Å²) in [5, 5.41) is 3.43. The van der Waals surface area contributed by atoms with E-state index in [1.54, 1.807) is 24.4 Å². The molecule has 1 atom stereocenters. The van der Waals surface area contributed by atoms with Crippen molar-refractivity contribution in [1.29, 1.82) is 0 Å². The fourth-order valence-corrected chi connectivity index (χ4v) is 2.42. The number of hydrogen-bond acceptors (Lipinski definition) is 5. The van der Waals surface area contributed by atoms with Gasteiger partial charge in [0.05, 0.1) is 19.3 Å². The first-order valence-corrected chi connectivity index (χ1v) is 7.12. The second-order valence-corrected chi connectivity index (χ2v) is 5.25. The van der Waals surface area contributed by atoms with Gasteiger partial charge in [0, 0.05) is 17.6 Å². The topological polar surface area (TPSA) is 73.3 Å². The molecule has 2 heterocycles. The Labute approximate surface area is 132 Å². The third kappa shape index (κ3) is 3.12. The molecule has 3 rings (SSSR count). The number of halogens is 1. The van der Waals surface area contributed by atoms with Crippen LogP contribution >= 0.6 is 11.6 Å². The van der Waals surface area contributed by atoms with Crippen molar-refractivity contribution < 1.29 is 14.3 Å². The van der Waals surface area contributed by atoms with E-state index in [9.17, 15) is 4.79 Å². The maximum absolute atomic E-state index is 12.2. The summed E-state index contributed by atoms with van der Waals surface area (Å²) in [7, 11) is 1.49. The van der Waals surface area contributed by atoms with Crippen LogP contribution in [0.2, 0.25) is 5.02 Å². The molecular formula is C15H14ClN3O3. The highest BCUT2D eigenvalue weighted by atomic mass is 35.5. The Balaban J connectivity index is 1.59. The Kier molecular flexibility index (Phi) is 4.11. The van der Waals surface area contributed by atoms with Crippen molar-refractivity contribution >= 4 is 17.5 Å². The highest BCUT2D eigenvalue weighted by Crippen LogP contribution is 2.31. The normalized spacial score (nSPS) is 15.8. The van der Waals surface area contributed by atoms with Gasteiger partial charge in [-0.25, -0.2) is 4.98 Å². The van der Waals surface area contributed by atoms with Gasteiger partial charge in [-0.1, -0.05) is 11.6 Å². The lowest BCUT2D eigenvalue weighted by atomic mass is 10.1. The minimum absolute atomic E-state index is 0.190. The zero-order chi connectivity index (χ0) is 15.5. The van der Waals surface area contributed by atoms with Crippen molar-refractivity contribution in [2.24, 2.45) is 0 Å². The molecule has 0 spiro atoms. The summed E-state index contributed by atoms with van der Waals surface area (Å²) in [6, 6.07) is 7.33. The molecule has 0 fully saturated rings. The number of fused-ring (bicyclic) bond motifs is 1. The van der Waals surface area contributed by atoms with E-state index in [1.165, 1.54) is 7.11 Å². The van der Waals surface area contributed by atoms with Gasteiger partial charge in [0.2, 0.25) is 0 Å². The van der Waals surface area contributed by atoms with Crippen LogP contribution in [0.15, 0.2) is 30.5 Å². The van der Waals surface area contributed by atoms with E-state index in [0.717, 1.165) is 5.56 Å². The Bertz CT molecular complexity index is 708. The number of nitrogens with zero attached hydrogens (tertiary/aromatic N) is 2. The van der Waals surface area contributed by atoms with Gasteiger partial charge in [-0.05, 0) is 29.8 Å². The van der Waals surface area contributed by atoms with Gasteiger partial charge >= 0.3 is 6.01 Å². The van der Waals surface area contributed by atoms with E-state index in [1.807, 2.05) is 6.07 Å². The minimum atomic E-state index is -0.544. The molecule has 0 saturated heterocycles. The Morgan fingerprint density at radius 1 is 1.50 bits per heavy atom. The van der Waals surface area contributed by atoms with Gasteiger partial charge < -0.3 is 14.8 Å². The number of amides is 1. The molecule has 1 amide bonds. The van der Waals surface area contributed by atoms with Crippen LogP contribution in [0.4, 0.5) is 0 Å². The van der Waals surface area contributed by atoms with Gasteiger partial charge in [-0.15, -0.1) is 0 Å². The Hall–Kier alpha value is -2.34. The molecule has 114 valence electrons. The molecule has 6 nitrogen and oxygen atoms in total. The van der Waals surface area contributed by atoms with E-state index >= 15 is 0 Å². The van der Waals surface area contributed by atoms with Crippen LogP contribution in [0.1, 0.15) is 11.3 Å². The predicted molar refractivity (Wildman–Crippen MR) is 80.0 cm³/mol. The summed E-state index contributed by atoms with van der Waals surface area (Å²) in [5.41, 5.74) is 1.61. The number of methoxy groups -OCH3 is 1. The van der Waals surface area contributed by atoms with Crippen LogP contribution in [0, 0.1) is 0 Å². The first-order chi connectivity index (χ1) is 10.7. The fraction of sp³-hybridized carbons (Fsp3) is 0.267. The second-order valence-electron chi connectivity index (χ2n) is 4.82. The lowest BCUT2D eigenvalue weighted by molar-refractivity contribution is -0.127. The number of carbonyl (C=O) groups is 1. The van der Waals surface area contributed by atoms with Gasteiger partial charge in [-0.3, -0.25) is 4.79 Å². The maximum Gasteiger partial charge on any atom is 0.316 e. The first-order valence-electron chi connectivity index (χ1n) is 6.74. The van der Waals surface area contributed by atoms with Gasteiger partial charge in [-0.2, -0.15) is 4.98 Å². The van der Waals surface area contributed by atoms with Crippen molar-refractivity contribution in [2.75, 3.05) is 7.11 Å². The first kappa shape index (κ1) is 14.6. The summed E-state index contributed by atoms with van der Waals surface area (Å²) in [5.74, 6) is 0.512. The number of carbonyl (C=O) groups excluding carboxylic acids is 1. The molecule has 1 aromatic heterocycles. The molecule has 1 aromatic carbocycles. The molecule has 22 heavy (non-hydrogen) atoms. The highest BCUT2D eigenvalue weighted by molar-refractivity contribution is 6.30. The molecule has 1 aliphatic heterocycles. The number of ether oxygens (including phenoxy) is 2. The maximum atomic E-state index is 12.2. The fourth-order valence-electron chi connectivity index (χ4n) is 2.23. The van der Waals surface area contributed by atoms with E-state index in [4.69, 9.17) is 21.1 Å². The van der Waals surface area contributed by atoms with E-state index in [2.05, 4.69) is 15.3 Å². The second kappa shape index (κ2) is 6.19. The molecule has 1 unspecified atom stereocenters. The van der Waals surface area contributed by atoms with Crippen molar-refractivity contribution in [3.05, 3.63) is 46.7 Å². The van der Waals surface area contributed by atoms with Crippen LogP contribution in [-0.4, -0.2) is 29.1 Å². The quantitative estimate of drug-likeness (QED) is 0.929. The number of rotatable bonds is 4. The largest absolute Gasteiger partial charge is 0.480 e. The van der Waals surface area contributed by atoms with Gasteiger partial charge in [0.15, 0.2) is 6.10 Å². The predicted octanol–water partition coefficient (Wildman–Crippen LogP) is 1.76. The van der Waals surface area contributed by atoms with Crippen molar-refractivity contribution in [3.63, 3.8) is 0 Å². The lowest BCUT2D eigenvalue weighted by Crippen LogP contribution is -2.37. The van der Waals surface area contributed by atoms with Crippen LogP contribution in [0.25, 0.3) is 0 Å². The van der Waals surface area contributed by atoms with E-state index in [0.29, 0.717) is 22.9 Å². The smallest absolute Gasteiger partial charge is 0.316 e. The monoisotopic (exact) mass is 319 g/mol. The number of nitrogens with one attached hydrogen (secondary N) is 1. The molecule has 0 radical (unpaired) electrons. The molecule has 0 aliphatic carbocycles. The summed E-state index contributed by atoms with van der Waals surface area (Å²) in [6.07, 6.45) is 1.55. The minimum Gasteiger partial charge on any atom is -0.480 e. The van der Waals surface area contributed by atoms with E-state index < -0.39 is 6.10 Å². The zero-order valence-electron chi connectivity index (χ0n) is 11.9. The van der Waals surface area contributed by atoms with Crippen LogP contribution in [0.5, 0.6) is 11.8 Å². The summed E-state index contributed by atoms with van der Waals surface area (Å²) >= 11 is 5.94. The van der Waals surface area contributed by atoms with Crippen LogP contribution in [0.3, 0.4) is 0 Å².